The predicted molar refractivity (Wildman–Crippen MR) is 45.8 cm³/mol. The van der Waals surface area contributed by atoms with Gasteiger partial charge in [0.2, 0.25) is 0 Å². The van der Waals surface area contributed by atoms with E-state index in [0.717, 1.165) is 0 Å². The molecule has 7 nitrogen and oxygen atoms in total. The molecule has 0 fully saturated rings. The summed E-state index contributed by atoms with van der Waals surface area (Å²) < 4.78 is 4.47. The first kappa shape index (κ1) is 10.0. The third-order valence-corrected chi connectivity index (χ3v) is 1.30. The number of carboxylic acids is 1. The number of rotatable bonds is 4. The molecule has 1 heterocycles. The minimum Gasteiger partial charge on any atom is -0.481 e. The Labute approximate surface area is 79.1 Å². The van der Waals surface area contributed by atoms with Crippen LogP contribution in [0.3, 0.4) is 0 Å². The fourth-order valence-corrected chi connectivity index (χ4v) is 0.720. The Kier molecular flexibility index (Phi) is 3.48. The van der Waals surface area contributed by atoms with E-state index in [0.29, 0.717) is 0 Å². The second-order valence-corrected chi connectivity index (χ2v) is 2.41. The summed E-state index contributed by atoms with van der Waals surface area (Å²) >= 11 is 0. The molecule has 7 heteroatoms. The number of aliphatic carboxylic acids is 1. The molecule has 76 valence electrons. The van der Waals surface area contributed by atoms with E-state index in [9.17, 15) is 9.59 Å². The van der Waals surface area contributed by atoms with Gasteiger partial charge in [-0.3, -0.25) is 10.1 Å². The van der Waals surface area contributed by atoms with Gasteiger partial charge in [-0.05, 0) is 0 Å². The van der Waals surface area contributed by atoms with Crippen LogP contribution < -0.4 is 10.6 Å². The normalized spacial score (nSPS) is 9.43. The van der Waals surface area contributed by atoms with Gasteiger partial charge in [0.05, 0.1) is 6.42 Å². The number of nitrogens with zero attached hydrogens (tertiary/aromatic N) is 1. The maximum atomic E-state index is 11.0. The van der Waals surface area contributed by atoms with E-state index in [1.807, 2.05) is 0 Å². The zero-order valence-electron chi connectivity index (χ0n) is 7.19. The number of aromatic nitrogens is 1. The highest BCUT2D eigenvalue weighted by molar-refractivity contribution is 5.88. The van der Waals surface area contributed by atoms with Crippen molar-refractivity contribution in [3.05, 3.63) is 12.3 Å². The molecule has 14 heavy (non-hydrogen) atoms. The quantitative estimate of drug-likeness (QED) is 0.645. The van der Waals surface area contributed by atoms with Crippen LogP contribution in [0.15, 0.2) is 16.9 Å². The second-order valence-electron chi connectivity index (χ2n) is 2.41. The first-order valence-electron chi connectivity index (χ1n) is 3.85. The zero-order chi connectivity index (χ0) is 10.4. The molecular weight excluding hydrogens is 190 g/mol. The highest BCUT2D eigenvalue weighted by atomic mass is 16.5. The lowest BCUT2D eigenvalue weighted by molar-refractivity contribution is -0.136. The Bertz CT molecular complexity index is 309. The van der Waals surface area contributed by atoms with Crippen LogP contribution in [0.1, 0.15) is 6.42 Å². The van der Waals surface area contributed by atoms with Gasteiger partial charge < -0.3 is 14.9 Å². The average molecular weight is 199 g/mol. The van der Waals surface area contributed by atoms with Gasteiger partial charge >= 0.3 is 12.0 Å². The van der Waals surface area contributed by atoms with Gasteiger partial charge in [0.25, 0.3) is 0 Å². The van der Waals surface area contributed by atoms with Gasteiger partial charge in [-0.2, -0.15) is 0 Å². The predicted octanol–water partition coefficient (Wildman–Crippen LogP) is 0.271. The number of anilines is 1. The number of nitrogens with one attached hydrogen (secondary N) is 2. The number of carboxylic acid groups (broad SMARTS) is 1. The number of carbonyl (C=O) groups is 2. The molecule has 0 radical (unpaired) electrons. The molecular formula is C7H9N3O4. The Morgan fingerprint density at radius 1 is 1.57 bits per heavy atom. The van der Waals surface area contributed by atoms with E-state index in [2.05, 4.69) is 20.3 Å². The van der Waals surface area contributed by atoms with Gasteiger partial charge in [0, 0.05) is 12.6 Å². The number of amides is 2. The molecule has 0 aliphatic carbocycles. The fourth-order valence-electron chi connectivity index (χ4n) is 0.720. The molecule has 0 aliphatic heterocycles. The van der Waals surface area contributed by atoms with E-state index < -0.39 is 12.0 Å². The zero-order valence-corrected chi connectivity index (χ0v) is 7.19. The molecule has 2 amide bonds. The Morgan fingerprint density at radius 3 is 2.93 bits per heavy atom. The molecule has 0 saturated carbocycles. The molecule has 0 aromatic carbocycles. The maximum absolute atomic E-state index is 11.0. The van der Waals surface area contributed by atoms with Crippen molar-refractivity contribution in [2.45, 2.75) is 6.42 Å². The SMILES string of the molecule is O=C(O)CCNC(=O)Nc1ccon1. The first-order valence-corrected chi connectivity index (χ1v) is 3.85. The summed E-state index contributed by atoms with van der Waals surface area (Å²) in [5.74, 6) is -0.690. The highest BCUT2D eigenvalue weighted by Gasteiger charge is 2.03. The van der Waals surface area contributed by atoms with Crippen molar-refractivity contribution in [3.63, 3.8) is 0 Å². The lowest BCUT2D eigenvalue weighted by atomic mass is 10.4. The van der Waals surface area contributed by atoms with Gasteiger partial charge in [0.1, 0.15) is 6.26 Å². The minimum atomic E-state index is -0.966. The Balaban J connectivity index is 2.20. The fraction of sp³-hybridized carbons (Fsp3) is 0.286. The van der Waals surface area contributed by atoms with Crippen LogP contribution in [0.4, 0.5) is 10.6 Å². The smallest absolute Gasteiger partial charge is 0.320 e. The van der Waals surface area contributed by atoms with Crippen molar-refractivity contribution < 1.29 is 19.2 Å². The molecule has 0 aliphatic rings. The summed E-state index contributed by atoms with van der Waals surface area (Å²) in [6.45, 7) is 0.0685. The topological polar surface area (TPSA) is 104 Å². The third kappa shape index (κ3) is 3.57. The minimum absolute atomic E-state index is 0.0685. The van der Waals surface area contributed by atoms with E-state index in [1.54, 1.807) is 0 Å². The van der Waals surface area contributed by atoms with Crippen LogP contribution in [-0.4, -0.2) is 28.8 Å². The van der Waals surface area contributed by atoms with Crippen molar-refractivity contribution in [2.75, 3.05) is 11.9 Å². The number of urea groups is 1. The molecule has 1 aromatic heterocycles. The standard InChI is InChI=1S/C7H9N3O4/c11-6(12)1-3-8-7(13)9-5-2-4-14-10-5/h2,4H,1,3H2,(H,11,12)(H2,8,9,10,13). The summed E-state index contributed by atoms with van der Waals surface area (Å²) in [5, 5.41) is 16.4. The molecule has 0 atom stereocenters. The van der Waals surface area contributed by atoms with Crippen LogP contribution in [0.25, 0.3) is 0 Å². The van der Waals surface area contributed by atoms with E-state index in [-0.39, 0.29) is 18.8 Å². The third-order valence-electron chi connectivity index (χ3n) is 1.30. The van der Waals surface area contributed by atoms with Crippen molar-refractivity contribution in [2.24, 2.45) is 0 Å². The van der Waals surface area contributed by atoms with Gasteiger partial charge in [-0.1, -0.05) is 5.16 Å². The van der Waals surface area contributed by atoms with Crippen molar-refractivity contribution in [1.82, 2.24) is 10.5 Å². The van der Waals surface area contributed by atoms with Gasteiger partial charge in [-0.15, -0.1) is 0 Å². The molecule has 0 saturated heterocycles. The second kappa shape index (κ2) is 4.85. The largest absolute Gasteiger partial charge is 0.481 e. The van der Waals surface area contributed by atoms with Gasteiger partial charge in [0.15, 0.2) is 5.82 Å². The molecule has 3 N–H and O–H groups in total. The van der Waals surface area contributed by atoms with Gasteiger partial charge in [-0.25, -0.2) is 4.79 Å². The van der Waals surface area contributed by atoms with Crippen molar-refractivity contribution in [3.8, 4) is 0 Å². The lowest BCUT2D eigenvalue weighted by Gasteiger charge is -2.02. The number of hydrogen-bond acceptors (Lipinski definition) is 4. The molecule has 0 bridgehead atoms. The van der Waals surface area contributed by atoms with E-state index >= 15 is 0 Å². The summed E-state index contributed by atoms with van der Waals surface area (Å²) in [7, 11) is 0. The lowest BCUT2D eigenvalue weighted by Crippen LogP contribution is -2.30. The van der Waals surface area contributed by atoms with Crippen molar-refractivity contribution in [1.29, 1.82) is 0 Å². The van der Waals surface area contributed by atoms with E-state index in [4.69, 9.17) is 5.11 Å². The van der Waals surface area contributed by atoms with E-state index in [1.165, 1.54) is 12.3 Å². The molecule has 0 unspecified atom stereocenters. The summed E-state index contributed by atoms with van der Waals surface area (Å²) in [6.07, 6.45) is 1.19. The molecule has 1 aromatic rings. The number of carbonyl (C=O) groups excluding carboxylic acids is 1. The summed E-state index contributed by atoms with van der Waals surface area (Å²) in [5.41, 5.74) is 0. The van der Waals surface area contributed by atoms with Crippen LogP contribution in [0.5, 0.6) is 0 Å². The monoisotopic (exact) mass is 199 g/mol. The summed E-state index contributed by atoms with van der Waals surface area (Å²) in [6, 6.07) is 0.955. The van der Waals surface area contributed by atoms with Crippen LogP contribution in [0.2, 0.25) is 0 Å². The average Bonchev–Trinajstić information content (AvgIpc) is 2.56. The van der Waals surface area contributed by atoms with Crippen LogP contribution >= 0.6 is 0 Å². The Morgan fingerprint density at radius 2 is 2.36 bits per heavy atom. The van der Waals surface area contributed by atoms with Crippen LogP contribution in [-0.2, 0) is 4.79 Å². The van der Waals surface area contributed by atoms with Crippen LogP contribution in [0, 0.1) is 0 Å². The Hall–Kier alpha value is -2.05. The maximum Gasteiger partial charge on any atom is 0.320 e. The summed E-state index contributed by atoms with van der Waals surface area (Å²) in [4.78, 5) is 21.1. The molecule has 0 spiro atoms. The van der Waals surface area contributed by atoms with Crippen molar-refractivity contribution >= 4 is 17.8 Å². The first-order chi connectivity index (χ1) is 6.68. The highest BCUT2D eigenvalue weighted by Crippen LogP contribution is 1.99. The molecule has 1 rings (SSSR count). The number of hydrogen-bond donors (Lipinski definition) is 3.